The maximum Gasteiger partial charge on any atom is 0.416 e. The van der Waals surface area contributed by atoms with Crippen molar-refractivity contribution in [1.82, 2.24) is 9.97 Å². The molecule has 1 aromatic heterocycles. The number of aromatic nitrogens is 2. The number of carbonyl (C=O) groups excluding carboxylic acids is 1. The van der Waals surface area contributed by atoms with Crippen molar-refractivity contribution in [2.45, 2.75) is 6.18 Å². The summed E-state index contributed by atoms with van der Waals surface area (Å²) < 4.78 is 37.8. The standard InChI is InChI=1S/C12H8ClF3N4O/c13-8-2-1-7(12(14,15)16)5-9(8)19-11(21)20-10-6-17-3-4-18-10/h1-6H,(H2,18,19,20,21). The molecule has 2 amide bonds. The molecule has 0 radical (unpaired) electrons. The largest absolute Gasteiger partial charge is 0.416 e. The maximum atomic E-state index is 12.6. The lowest BCUT2D eigenvalue weighted by molar-refractivity contribution is -0.137. The zero-order valence-corrected chi connectivity index (χ0v) is 11.0. The quantitative estimate of drug-likeness (QED) is 0.885. The molecule has 0 aliphatic carbocycles. The minimum atomic E-state index is -4.53. The van der Waals surface area contributed by atoms with Gasteiger partial charge in [-0.25, -0.2) is 9.78 Å². The van der Waals surface area contributed by atoms with Gasteiger partial charge in [-0.3, -0.25) is 10.3 Å². The molecule has 0 spiro atoms. The average Bonchev–Trinajstić information content (AvgIpc) is 2.41. The predicted molar refractivity (Wildman–Crippen MR) is 71.1 cm³/mol. The van der Waals surface area contributed by atoms with Gasteiger partial charge in [0.25, 0.3) is 0 Å². The van der Waals surface area contributed by atoms with Gasteiger partial charge in [0.05, 0.1) is 22.5 Å². The van der Waals surface area contributed by atoms with E-state index in [1.165, 1.54) is 18.6 Å². The van der Waals surface area contributed by atoms with E-state index < -0.39 is 17.8 Å². The summed E-state index contributed by atoms with van der Waals surface area (Å²) in [6, 6.07) is 1.85. The fraction of sp³-hybridized carbons (Fsp3) is 0.0833. The molecule has 0 atom stereocenters. The fourth-order valence-electron chi connectivity index (χ4n) is 1.43. The molecule has 21 heavy (non-hydrogen) atoms. The Kier molecular flexibility index (Phi) is 4.27. The van der Waals surface area contributed by atoms with Crippen LogP contribution in [0.1, 0.15) is 5.56 Å². The molecule has 0 bridgehead atoms. The lowest BCUT2D eigenvalue weighted by Crippen LogP contribution is -2.20. The SMILES string of the molecule is O=C(Nc1cnccn1)Nc1cc(C(F)(F)F)ccc1Cl. The Morgan fingerprint density at radius 2 is 1.95 bits per heavy atom. The van der Waals surface area contributed by atoms with Crippen molar-refractivity contribution in [3.63, 3.8) is 0 Å². The second kappa shape index (κ2) is 5.96. The molecule has 0 aliphatic heterocycles. The first-order valence-electron chi connectivity index (χ1n) is 5.57. The number of hydrogen-bond donors (Lipinski definition) is 2. The van der Waals surface area contributed by atoms with E-state index in [-0.39, 0.29) is 16.5 Å². The van der Waals surface area contributed by atoms with E-state index in [0.29, 0.717) is 0 Å². The van der Waals surface area contributed by atoms with Gasteiger partial charge in [-0.1, -0.05) is 11.6 Å². The molecule has 9 heteroatoms. The van der Waals surface area contributed by atoms with Gasteiger partial charge in [-0.05, 0) is 18.2 Å². The Morgan fingerprint density at radius 1 is 1.19 bits per heavy atom. The number of hydrogen-bond acceptors (Lipinski definition) is 3. The second-order valence-electron chi connectivity index (χ2n) is 3.86. The molecule has 0 fully saturated rings. The maximum absolute atomic E-state index is 12.6. The number of rotatable bonds is 2. The van der Waals surface area contributed by atoms with E-state index in [4.69, 9.17) is 11.6 Å². The van der Waals surface area contributed by atoms with Crippen molar-refractivity contribution in [2.75, 3.05) is 10.6 Å². The molecule has 0 saturated carbocycles. The minimum Gasteiger partial charge on any atom is -0.306 e. The third kappa shape index (κ3) is 4.06. The second-order valence-corrected chi connectivity index (χ2v) is 4.27. The van der Waals surface area contributed by atoms with Crippen LogP contribution in [0.5, 0.6) is 0 Å². The van der Waals surface area contributed by atoms with Gasteiger partial charge in [-0.2, -0.15) is 13.2 Å². The van der Waals surface area contributed by atoms with Crippen LogP contribution in [0.15, 0.2) is 36.8 Å². The lowest BCUT2D eigenvalue weighted by atomic mass is 10.2. The predicted octanol–water partition coefficient (Wildman–Crippen LogP) is 3.79. The van der Waals surface area contributed by atoms with Crippen LogP contribution in [0.25, 0.3) is 0 Å². The van der Waals surface area contributed by atoms with Gasteiger partial charge in [0.2, 0.25) is 0 Å². The van der Waals surface area contributed by atoms with Crippen LogP contribution in [0.3, 0.4) is 0 Å². The molecular formula is C12H8ClF3N4O. The first-order chi connectivity index (χ1) is 9.86. The zero-order chi connectivity index (χ0) is 15.5. The number of benzene rings is 1. The lowest BCUT2D eigenvalue weighted by Gasteiger charge is -2.12. The van der Waals surface area contributed by atoms with Crippen LogP contribution in [0, 0.1) is 0 Å². The highest BCUT2D eigenvalue weighted by Gasteiger charge is 2.31. The normalized spacial score (nSPS) is 11.0. The molecule has 1 heterocycles. The number of carbonyl (C=O) groups is 1. The van der Waals surface area contributed by atoms with Crippen LogP contribution >= 0.6 is 11.6 Å². The molecule has 2 rings (SSSR count). The molecule has 1 aromatic carbocycles. The highest BCUT2D eigenvalue weighted by atomic mass is 35.5. The van der Waals surface area contributed by atoms with Crippen LogP contribution in [-0.4, -0.2) is 16.0 Å². The Balaban J connectivity index is 2.14. The molecule has 5 nitrogen and oxygen atoms in total. The Labute approximate surface area is 122 Å². The average molecular weight is 317 g/mol. The van der Waals surface area contributed by atoms with Crippen LogP contribution in [-0.2, 0) is 6.18 Å². The highest BCUT2D eigenvalue weighted by molar-refractivity contribution is 6.33. The number of urea groups is 1. The number of amides is 2. The Morgan fingerprint density at radius 3 is 2.57 bits per heavy atom. The van der Waals surface area contributed by atoms with E-state index >= 15 is 0 Å². The van der Waals surface area contributed by atoms with E-state index in [9.17, 15) is 18.0 Å². The van der Waals surface area contributed by atoms with Gasteiger partial charge < -0.3 is 5.32 Å². The smallest absolute Gasteiger partial charge is 0.306 e. The van der Waals surface area contributed by atoms with Crippen LogP contribution in [0.4, 0.5) is 29.5 Å². The molecule has 0 aliphatic rings. The van der Waals surface area contributed by atoms with Crippen molar-refractivity contribution in [1.29, 1.82) is 0 Å². The number of nitrogens with one attached hydrogen (secondary N) is 2. The van der Waals surface area contributed by atoms with Crippen molar-refractivity contribution in [2.24, 2.45) is 0 Å². The summed E-state index contributed by atoms with van der Waals surface area (Å²) in [6.07, 6.45) is -0.477. The van der Waals surface area contributed by atoms with Gasteiger partial charge in [0.1, 0.15) is 0 Å². The molecule has 2 N–H and O–H groups in total. The first-order valence-corrected chi connectivity index (χ1v) is 5.95. The van der Waals surface area contributed by atoms with Crippen molar-refractivity contribution in [3.05, 3.63) is 47.4 Å². The van der Waals surface area contributed by atoms with Gasteiger partial charge in [-0.15, -0.1) is 0 Å². The summed E-state index contributed by atoms with van der Waals surface area (Å²) >= 11 is 5.76. The summed E-state index contributed by atoms with van der Waals surface area (Å²) in [5.74, 6) is 0.151. The summed E-state index contributed by atoms with van der Waals surface area (Å²) in [5.41, 5.74) is -1.07. The zero-order valence-electron chi connectivity index (χ0n) is 10.3. The van der Waals surface area contributed by atoms with Crippen molar-refractivity contribution < 1.29 is 18.0 Å². The number of anilines is 2. The topological polar surface area (TPSA) is 66.9 Å². The number of halogens is 4. The third-order valence-electron chi connectivity index (χ3n) is 2.35. The molecule has 0 saturated heterocycles. The minimum absolute atomic E-state index is 0.0164. The molecule has 110 valence electrons. The Bertz CT molecular complexity index is 649. The van der Waals surface area contributed by atoms with E-state index in [1.807, 2.05) is 0 Å². The molecule has 0 unspecified atom stereocenters. The Hall–Kier alpha value is -2.35. The highest BCUT2D eigenvalue weighted by Crippen LogP contribution is 2.33. The van der Waals surface area contributed by atoms with Crippen molar-refractivity contribution >= 4 is 29.1 Å². The summed E-state index contributed by atoms with van der Waals surface area (Å²) in [7, 11) is 0. The first kappa shape index (κ1) is 15.0. The molecular weight excluding hydrogens is 309 g/mol. The summed E-state index contributed by atoms with van der Waals surface area (Å²) in [4.78, 5) is 19.2. The number of alkyl halides is 3. The van der Waals surface area contributed by atoms with Crippen molar-refractivity contribution in [3.8, 4) is 0 Å². The molecule has 2 aromatic rings. The van der Waals surface area contributed by atoms with Crippen LogP contribution in [0.2, 0.25) is 5.02 Å². The van der Waals surface area contributed by atoms with Gasteiger partial charge in [0, 0.05) is 12.4 Å². The monoisotopic (exact) mass is 316 g/mol. The van der Waals surface area contributed by atoms with Gasteiger partial charge in [0.15, 0.2) is 5.82 Å². The summed E-state index contributed by atoms with van der Waals surface area (Å²) in [6.45, 7) is 0. The van der Waals surface area contributed by atoms with E-state index in [0.717, 1.165) is 18.2 Å². The fourth-order valence-corrected chi connectivity index (χ4v) is 1.60. The number of nitrogens with zero attached hydrogens (tertiary/aromatic N) is 2. The van der Waals surface area contributed by atoms with Gasteiger partial charge >= 0.3 is 12.2 Å². The third-order valence-corrected chi connectivity index (χ3v) is 2.68. The summed E-state index contributed by atoms with van der Waals surface area (Å²) in [5, 5.41) is 4.52. The van der Waals surface area contributed by atoms with E-state index in [1.54, 1.807) is 0 Å². The van der Waals surface area contributed by atoms with Crippen LogP contribution < -0.4 is 10.6 Å². The van der Waals surface area contributed by atoms with E-state index in [2.05, 4.69) is 20.6 Å².